The number of aliphatic imine (C=N–C) groups is 1. The lowest BCUT2D eigenvalue weighted by molar-refractivity contribution is -0.0483. The van der Waals surface area contributed by atoms with Gasteiger partial charge in [0.1, 0.15) is 0 Å². The molecule has 2 unspecified atom stereocenters. The number of morpholine rings is 2. The Labute approximate surface area is 137 Å². The molecule has 126 valence electrons. The highest BCUT2D eigenvalue weighted by Crippen LogP contribution is 2.29. The van der Waals surface area contributed by atoms with Gasteiger partial charge in [-0.2, -0.15) is 0 Å². The van der Waals surface area contributed by atoms with Gasteiger partial charge in [-0.15, -0.1) is 0 Å². The Balaban J connectivity index is 1.80. The molecule has 2 aliphatic rings. The molecule has 3 rings (SSSR count). The number of benzene rings is 1. The van der Waals surface area contributed by atoms with Gasteiger partial charge in [0.25, 0.3) is 0 Å². The van der Waals surface area contributed by atoms with E-state index in [1.54, 1.807) is 0 Å². The predicted molar refractivity (Wildman–Crippen MR) is 92.3 cm³/mol. The van der Waals surface area contributed by atoms with E-state index in [-0.39, 0.29) is 12.2 Å². The highest BCUT2D eigenvalue weighted by atomic mass is 16.5. The number of rotatable bonds is 2. The summed E-state index contributed by atoms with van der Waals surface area (Å²) in [6.07, 6.45) is 0.337. The SMILES string of the molecule is CC1CN(C(N)=Nc2ccccc2N2CCOCC2)CC(C)O1. The van der Waals surface area contributed by atoms with Crippen LogP contribution in [-0.2, 0) is 9.47 Å². The van der Waals surface area contributed by atoms with Crippen LogP contribution in [0.25, 0.3) is 0 Å². The van der Waals surface area contributed by atoms with Crippen LogP contribution in [0.1, 0.15) is 13.8 Å². The largest absolute Gasteiger partial charge is 0.378 e. The first-order valence-electron chi connectivity index (χ1n) is 8.30. The van der Waals surface area contributed by atoms with Crippen molar-refractivity contribution in [1.29, 1.82) is 0 Å². The lowest BCUT2D eigenvalue weighted by Gasteiger charge is -2.36. The van der Waals surface area contributed by atoms with Crippen LogP contribution in [0.2, 0.25) is 0 Å². The van der Waals surface area contributed by atoms with Gasteiger partial charge in [0, 0.05) is 26.2 Å². The molecule has 2 aliphatic heterocycles. The minimum absolute atomic E-state index is 0.169. The minimum atomic E-state index is 0.169. The average molecular weight is 318 g/mol. The topological polar surface area (TPSA) is 63.3 Å². The summed E-state index contributed by atoms with van der Waals surface area (Å²) in [5.74, 6) is 0.563. The van der Waals surface area contributed by atoms with Crippen molar-refractivity contribution in [3.05, 3.63) is 24.3 Å². The third-order valence-corrected chi connectivity index (χ3v) is 4.21. The van der Waals surface area contributed by atoms with E-state index < -0.39 is 0 Å². The molecule has 23 heavy (non-hydrogen) atoms. The first-order valence-corrected chi connectivity index (χ1v) is 8.30. The van der Waals surface area contributed by atoms with Crippen molar-refractivity contribution in [3.8, 4) is 0 Å². The van der Waals surface area contributed by atoms with E-state index in [0.717, 1.165) is 50.8 Å². The molecule has 0 amide bonds. The maximum absolute atomic E-state index is 6.28. The molecular formula is C17H26N4O2. The van der Waals surface area contributed by atoms with Gasteiger partial charge in [0.2, 0.25) is 0 Å². The van der Waals surface area contributed by atoms with Crippen molar-refractivity contribution in [1.82, 2.24) is 4.90 Å². The summed E-state index contributed by atoms with van der Waals surface area (Å²) in [7, 11) is 0. The standard InChI is InChI=1S/C17H26N4O2/c1-13-11-21(12-14(2)23-13)17(18)19-15-5-3-4-6-16(15)20-7-9-22-10-8-20/h3-6,13-14H,7-12H2,1-2H3,(H2,18,19). The van der Waals surface area contributed by atoms with Crippen LogP contribution in [0.3, 0.4) is 0 Å². The molecular weight excluding hydrogens is 292 g/mol. The number of nitrogens with zero attached hydrogens (tertiary/aromatic N) is 3. The van der Waals surface area contributed by atoms with Crippen LogP contribution >= 0.6 is 0 Å². The number of nitrogens with two attached hydrogens (primary N) is 1. The summed E-state index contributed by atoms with van der Waals surface area (Å²) in [5.41, 5.74) is 8.31. The Morgan fingerprint density at radius 3 is 2.48 bits per heavy atom. The van der Waals surface area contributed by atoms with E-state index in [2.05, 4.69) is 29.7 Å². The van der Waals surface area contributed by atoms with Crippen molar-refractivity contribution < 1.29 is 9.47 Å². The third kappa shape index (κ3) is 3.95. The quantitative estimate of drug-likeness (QED) is 0.662. The second-order valence-corrected chi connectivity index (χ2v) is 6.22. The van der Waals surface area contributed by atoms with Gasteiger partial charge < -0.3 is 25.0 Å². The van der Waals surface area contributed by atoms with Gasteiger partial charge in [-0.3, -0.25) is 0 Å². The number of ether oxygens (including phenoxy) is 2. The molecule has 2 atom stereocenters. The Kier molecular flexibility index (Phi) is 5.03. The number of hydrogen-bond acceptors (Lipinski definition) is 4. The monoisotopic (exact) mass is 318 g/mol. The van der Waals surface area contributed by atoms with Crippen LogP contribution in [-0.4, -0.2) is 62.5 Å². The molecule has 0 aliphatic carbocycles. The summed E-state index contributed by atoms with van der Waals surface area (Å²) < 4.78 is 11.2. The second kappa shape index (κ2) is 7.19. The van der Waals surface area contributed by atoms with Crippen molar-refractivity contribution >= 4 is 17.3 Å². The van der Waals surface area contributed by atoms with Gasteiger partial charge in [0.15, 0.2) is 5.96 Å². The molecule has 0 saturated carbocycles. The first kappa shape index (κ1) is 16.1. The Bertz CT molecular complexity index is 547. The molecule has 2 N–H and O–H groups in total. The van der Waals surface area contributed by atoms with Gasteiger partial charge in [0.05, 0.1) is 36.8 Å². The van der Waals surface area contributed by atoms with Gasteiger partial charge in [-0.25, -0.2) is 4.99 Å². The normalized spacial score (nSPS) is 26.4. The number of hydrogen-bond donors (Lipinski definition) is 1. The fraction of sp³-hybridized carbons (Fsp3) is 0.588. The summed E-state index contributed by atoms with van der Waals surface area (Å²) in [4.78, 5) is 9.12. The summed E-state index contributed by atoms with van der Waals surface area (Å²) >= 11 is 0. The van der Waals surface area contributed by atoms with Crippen LogP contribution in [0.5, 0.6) is 0 Å². The second-order valence-electron chi connectivity index (χ2n) is 6.22. The zero-order valence-corrected chi connectivity index (χ0v) is 13.9. The van der Waals surface area contributed by atoms with Crippen LogP contribution in [0.15, 0.2) is 29.3 Å². The zero-order chi connectivity index (χ0) is 16.2. The maximum Gasteiger partial charge on any atom is 0.196 e. The fourth-order valence-corrected chi connectivity index (χ4v) is 3.19. The molecule has 0 spiro atoms. The van der Waals surface area contributed by atoms with Crippen molar-refractivity contribution in [2.24, 2.45) is 10.7 Å². The molecule has 2 heterocycles. The molecule has 1 aromatic rings. The van der Waals surface area contributed by atoms with E-state index in [1.165, 1.54) is 0 Å². The van der Waals surface area contributed by atoms with E-state index in [1.807, 2.05) is 18.2 Å². The molecule has 0 aromatic heterocycles. The van der Waals surface area contributed by atoms with Crippen molar-refractivity contribution in [2.75, 3.05) is 44.3 Å². The fourth-order valence-electron chi connectivity index (χ4n) is 3.19. The lowest BCUT2D eigenvalue weighted by Crippen LogP contribution is -2.50. The summed E-state index contributed by atoms with van der Waals surface area (Å²) in [6, 6.07) is 8.16. The summed E-state index contributed by atoms with van der Waals surface area (Å²) in [6.45, 7) is 8.97. The first-order chi connectivity index (χ1) is 11.1. The Morgan fingerprint density at radius 2 is 1.78 bits per heavy atom. The zero-order valence-electron chi connectivity index (χ0n) is 13.9. The number of guanidine groups is 1. The smallest absolute Gasteiger partial charge is 0.196 e. The van der Waals surface area contributed by atoms with Crippen molar-refractivity contribution in [3.63, 3.8) is 0 Å². The Morgan fingerprint density at radius 1 is 1.13 bits per heavy atom. The lowest BCUT2D eigenvalue weighted by atomic mass is 10.2. The van der Waals surface area contributed by atoms with Gasteiger partial charge in [-0.1, -0.05) is 12.1 Å². The van der Waals surface area contributed by atoms with E-state index >= 15 is 0 Å². The van der Waals surface area contributed by atoms with E-state index in [0.29, 0.717) is 5.96 Å². The van der Waals surface area contributed by atoms with Gasteiger partial charge >= 0.3 is 0 Å². The van der Waals surface area contributed by atoms with Crippen LogP contribution in [0.4, 0.5) is 11.4 Å². The molecule has 1 aromatic carbocycles. The predicted octanol–water partition coefficient (Wildman–Crippen LogP) is 1.58. The van der Waals surface area contributed by atoms with Gasteiger partial charge in [-0.05, 0) is 26.0 Å². The van der Waals surface area contributed by atoms with Crippen LogP contribution in [0, 0.1) is 0 Å². The molecule has 6 nitrogen and oxygen atoms in total. The molecule has 6 heteroatoms. The highest BCUT2D eigenvalue weighted by molar-refractivity contribution is 5.84. The minimum Gasteiger partial charge on any atom is -0.378 e. The number of para-hydroxylation sites is 2. The molecule has 0 radical (unpaired) electrons. The highest BCUT2D eigenvalue weighted by Gasteiger charge is 2.24. The maximum atomic E-state index is 6.28. The van der Waals surface area contributed by atoms with Crippen LogP contribution < -0.4 is 10.6 Å². The van der Waals surface area contributed by atoms with Crippen molar-refractivity contribution in [2.45, 2.75) is 26.1 Å². The molecule has 2 saturated heterocycles. The third-order valence-electron chi connectivity index (χ3n) is 4.21. The van der Waals surface area contributed by atoms with E-state index in [9.17, 15) is 0 Å². The Hall–Kier alpha value is -1.79. The molecule has 0 bridgehead atoms. The number of anilines is 1. The van der Waals surface area contributed by atoms with E-state index in [4.69, 9.17) is 20.2 Å². The average Bonchev–Trinajstić information content (AvgIpc) is 2.55. The summed E-state index contributed by atoms with van der Waals surface area (Å²) in [5, 5.41) is 0. The molecule has 2 fully saturated rings.